The first-order valence-corrected chi connectivity index (χ1v) is 12.3. The van der Waals surface area contributed by atoms with E-state index in [1.165, 1.54) is 6.92 Å². The molecule has 5 atom stereocenters. The summed E-state index contributed by atoms with van der Waals surface area (Å²) in [4.78, 5) is 14.8. The Labute approximate surface area is 222 Å². The zero-order valence-electron chi connectivity index (χ0n) is 21.1. The highest BCUT2D eigenvalue weighted by Gasteiger charge is 2.47. The van der Waals surface area contributed by atoms with Crippen molar-refractivity contribution >= 4 is 5.97 Å². The largest absolute Gasteiger partial charge is 0.463 e. The number of benzene rings is 3. The molecular weight excluding hydrogens is 482 g/mol. The Kier molecular flexibility index (Phi) is 9.91. The molecule has 0 saturated carbocycles. The number of carbonyl (C=O) groups excluding carboxylic acids is 1. The Balaban J connectivity index is 1.67. The molecule has 1 fully saturated rings. The molecule has 1 aliphatic heterocycles. The van der Waals surface area contributed by atoms with Crippen molar-refractivity contribution in [2.75, 3.05) is 6.61 Å². The summed E-state index contributed by atoms with van der Waals surface area (Å²) in [7, 11) is 0. The Morgan fingerprint density at radius 3 is 2.00 bits per heavy atom. The average Bonchev–Trinajstić information content (AvgIpc) is 2.95. The van der Waals surface area contributed by atoms with Gasteiger partial charge in [0.25, 0.3) is 0 Å². The molecule has 1 saturated heterocycles. The van der Waals surface area contributed by atoms with Crippen molar-refractivity contribution in [2.45, 2.75) is 50.6 Å². The van der Waals surface area contributed by atoms with Gasteiger partial charge in [0.1, 0.15) is 31.0 Å². The lowest BCUT2D eigenvalue weighted by atomic mass is 9.92. The van der Waals surface area contributed by atoms with Gasteiger partial charge in [-0.1, -0.05) is 95.8 Å². The minimum Gasteiger partial charge on any atom is -0.463 e. The maximum atomic E-state index is 11.7. The number of rotatable bonds is 9. The Morgan fingerprint density at radius 1 is 0.895 bits per heavy atom. The third kappa shape index (κ3) is 7.69. The van der Waals surface area contributed by atoms with Crippen LogP contribution < -0.4 is 0 Å². The molecule has 0 aliphatic carbocycles. The van der Waals surface area contributed by atoms with Gasteiger partial charge in [0.05, 0.1) is 19.3 Å². The van der Waals surface area contributed by atoms with Crippen LogP contribution in [0.25, 0.3) is 10.4 Å². The van der Waals surface area contributed by atoms with Gasteiger partial charge < -0.3 is 18.9 Å². The number of azide groups is 1. The maximum absolute atomic E-state index is 11.7. The normalized spacial score (nSPS) is 22.4. The van der Waals surface area contributed by atoms with Crippen LogP contribution in [0.5, 0.6) is 0 Å². The summed E-state index contributed by atoms with van der Waals surface area (Å²) < 4.78 is 24.3. The van der Waals surface area contributed by atoms with Crippen LogP contribution in [0.1, 0.15) is 23.6 Å². The number of ether oxygens (including phenoxy) is 4. The topological polar surface area (TPSA) is 103 Å². The van der Waals surface area contributed by atoms with E-state index in [-0.39, 0.29) is 19.8 Å². The maximum Gasteiger partial charge on any atom is 0.302 e. The number of nitrogens with zero attached hydrogens (tertiary/aromatic N) is 3. The van der Waals surface area contributed by atoms with E-state index in [0.29, 0.717) is 0 Å². The van der Waals surface area contributed by atoms with Gasteiger partial charge in [0, 0.05) is 17.4 Å². The Bertz CT molecular complexity index is 1270. The summed E-state index contributed by atoms with van der Waals surface area (Å²) in [6.45, 7) is 1.79. The molecule has 0 radical (unpaired) electrons. The van der Waals surface area contributed by atoms with E-state index in [0.717, 1.165) is 16.7 Å². The van der Waals surface area contributed by atoms with Crippen molar-refractivity contribution in [3.63, 3.8) is 0 Å². The van der Waals surface area contributed by atoms with Gasteiger partial charge in [0.15, 0.2) is 0 Å². The molecule has 3 aromatic carbocycles. The average molecular weight is 512 g/mol. The predicted molar refractivity (Wildman–Crippen MR) is 142 cm³/mol. The zero-order valence-corrected chi connectivity index (χ0v) is 21.1. The fraction of sp³-hybridized carbons (Fsp3) is 0.300. The second-order valence-corrected chi connectivity index (χ2v) is 8.75. The molecule has 8 heteroatoms. The molecule has 3 aromatic rings. The van der Waals surface area contributed by atoms with Gasteiger partial charge in [-0.2, -0.15) is 0 Å². The lowest BCUT2D eigenvalue weighted by molar-refractivity contribution is -0.216. The summed E-state index contributed by atoms with van der Waals surface area (Å²) >= 11 is 0. The van der Waals surface area contributed by atoms with E-state index in [4.69, 9.17) is 18.9 Å². The second kappa shape index (κ2) is 14.0. The van der Waals surface area contributed by atoms with Crippen LogP contribution in [0.15, 0.2) is 96.1 Å². The first kappa shape index (κ1) is 26.9. The second-order valence-electron chi connectivity index (χ2n) is 8.75. The SMILES string of the molecule is CC(=O)OC[C@H]1O[C@@H](C#Cc2ccccc2)[C@H](N=[N+]=[N-])[C@@H](OCc2ccccc2)[C@H]1OCc1ccccc1. The smallest absolute Gasteiger partial charge is 0.302 e. The van der Waals surface area contributed by atoms with Gasteiger partial charge in [-0.3, -0.25) is 4.79 Å². The van der Waals surface area contributed by atoms with E-state index >= 15 is 0 Å². The van der Waals surface area contributed by atoms with E-state index in [9.17, 15) is 10.3 Å². The lowest BCUT2D eigenvalue weighted by Gasteiger charge is -2.43. The monoisotopic (exact) mass is 511 g/mol. The third-order valence-corrected chi connectivity index (χ3v) is 6.00. The summed E-state index contributed by atoms with van der Waals surface area (Å²) in [5, 5.41) is 4.05. The molecule has 38 heavy (non-hydrogen) atoms. The molecule has 1 heterocycles. The number of carbonyl (C=O) groups is 1. The highest BCUT2D eigenvalue weighted by molar-refractivity contribution is 5.65. The summed E-state index contributed by atoms with van der Waals surface area (Å²) in [5.74, 6) is 5.75. The van der Waals surface area contributed by atoms with Crippen molar-refractivity contribution < 1.29 is 23.7 Å². The van der Waals surface area contributed by atoms with Gasteiger partial charge in [-0.15, -0.1) is 0 Å². The van der Waals surface area contributed by atoms with Crippen LogP contribution in [0.2, 0.25) is 0 Å². The van der Waals surface area contributed by atoms with Crippen LogP contribution in [0, 0.1) is 11.8 Å². The molecule has 0 N–H and O–H groups in total. The zero-order chi connectivity index (χ0) is 26.6. The first-order chi connectivity index (χ1) is 18.6. The highest BCUT2D eigenvalue weighted by Crippen LogP contribution is 2.30. The Morgan fingerprint density at radius 2 is 1.45 bits per heavy atom. The number of hydrogen-bond donors (Lipinski definition) is 0. The molecule has 0 aromatic heterocycles. The lowest BCUT2D eigenvalue weighted by Crippen LogP contribution is -2.59. The predicted octanol–water partition coefficient (Wildman–Crippen LogP) is 5.22. The fourth-order valence-corrected chi connectivity index (χ4v) is 4.17. The molecular formula is C30H29N3O5. The first-order valence-electron chi connectivity index (χ1n) is 12.3. The molecule has 0 bridgehead atoms. The van der Waals surface area contributed by atoms with Crippen LogP contribution in [-0.4, -0.2) is 43.0 Å². The summed E-state index contributed by atoms with van der Waals surface area (Å²) in [6, 6.07) is 28.0. The van der Waals surface area contributed by atoms with Crippen molar-refractivity contribution in [3.05, 3.63) is 118 Å². The molecule has 0 spiro atoms. The van der Waals surface area contributed by atoms with Crippen molar-refractivity contribution in [1.29, 1.82) is 0 Å². The van der Waals surface area contributed by atoms with E-state index < -0.39 is 36.4 Å². The fourth-order valence-electron chi connectivity index (χ4n) is 4.17. The quantitative estimate of drug-likeness (QED) is 0.129. The van der Waals surface area contributed by atoms with Crippen LogP contribution in [-0.2, 0) is 37.0 Å². The van der Waals surface area contributed by atoms with E-state index in [1.54, 1.807) is 0 Å². The van der Waals surface area contributed by atoms with E-state index in [2.05, 4.69) is 21.9 Å². The minimum absolute atomic E-state index is 0.0630. The van der Waals surface area contributed by atoms with Crippen molar-refractivity contribution in [2.24, 2.45) is 5.11 Å². The van der Waals surface area contributed by atoms with Gasteiger partial charge in [0.2, 0.25) is 0 Å². The minimum atomic E-state index is -0.816. The number of esters is 1. The molecule has 4 rings (SSSR count). The molecule has 8 nitrogen and oxygen atoms in total. The highest BCUT2D eigenvalue weighted by atomic mass is 16.6. The van der Waals surface area contributed by atoms with Crippen molar-refractivity contribution in [3.8, 4) is 11.8 Å². The third-order valence-electron chi connectivity index (χ3n) is 6.00. The molecule has 0 amide bonds. The van der Waals surface area contributed by atoms with Gasteiger partial charge in [-0.25, -0.2) is 0 Å². The Hall–Kier alpha value is -4.12. The van der Waals surface area contributed by atoms with E-state index in [1.807, 2.05) is 91.0 Å². The summed E-state index contributed by atoms with van der Waals surface area (Å²) in [6.07, 6.45) is -2.95. The molecule has 0 unspecified atom stereocenters. The van der Waals surface area contributed by atoms with Crippen LogP contribution in [0.4, 0.5) is 0 Å². The standard InChI is InChI=1S/C30H29N3O5/c1-22(34)35-21-27-29(36-19-24-13-7-3-8-14-24)30(37-20-25-15-9-4-10-16-25)28(32-33-31)26(38-27)18-17-23-11-5-2-6-12-23/h2-16,26-30H,19-21H2,1H3/t26-,27+,28-,29-,30+/m0/s1. The van der Waals surface area contributed by atoms with Gasteiger partial charge >= 0.3 is 5.97 Å². The van der Waals surface area contributed by atoms with Crippen LogP contribution >= 0.6 is 0 Å². The van der Waals surface area contributed by atoms with Crippen LogP contribution in [0.3, 0.4) is 0 Å². The summed E-state index contributed by atoms with van der Waals surface area (Å²) in [5.41, 5.74) is 12.1. The van der Waals surface area contributed by atoms with Gasteiger partial charge in [-0.05, 0) is 28.8 Å². The number of hydrogen-bond acceptors (Lipinski definition) is 6. The molecule has 194 valence electrons. The molecule has 1 aliphatic rings. The van der Waals surface area contributed by atoms with Crippen molar-refractivity contribution in [1.82, 2.24) is 0 Å².